The number of thioether (sulfide) groups is 1. The highest BCUT2D eigenvalue weighted by molar-refractivity contribution is 8.26. The van der Waals surface area contributed by atoms with Crippen molar-refractivity contribution < 1.29 is 23.8 Å². The van der Waals surface area contributed by atoms with Gasteiger partial charge in [0.05, 0.1) is 31.6 Å². The van der Waals surface area contributed by atoms with Gasteiger partial charge in [0.15, 0.2) is 11.5 Å². The first-order valence-electron chi connectivity index (χ1n) is 15.2. The van der Waals surface area contributed by atoms with E-state index in [1.165, 1.54) is 11.8 Å². The van der Waals surface area contributed by atoms with Crippen LogP contribution in [0.15, 0.2) is 27.9 Å². The lowest BCUT2D eigenvalue weighted by Crippen LogP contribution is -2.43. The lowest BCUT2D eigenvalue weighted by Gasteiger charge is -2.36. The number of carbonyl (C=O) groups is 2. The van der Waals surface area contributed by atoms with E-state index in [9.17, 15) is 19.6 Å². The average Bonchev–Trinajstić information content (AvgIpc) is 3.31. The Morgan fingerprint density at radius 1 is 1.18 bits per heavy atom. The minimum Gasteiger partial charge on any atom is -0.493 e. The molecule has 0 saturated carbocycles. The van der Waals surface area contributed by atoms with E-state index in [1.807, 2.05) is 30.0 Å². The van der Waals surface area contributed by atoms with Gasteiger partial charge in [-0.25, -0.2) is 0 Å². The number of piperidine rings is 1. The Bertz CT molecular complexity index is 1590. The van der Waals surface area contributed by atoms with Crippen molar-refractivity contribution in [1.82, 2.24) is 9.47 Å². The summed E-state index contributed by atoms with van der Waals surface area (Å²) >= 11 is 6.84. The van der Waals surface area contributed by atoms with Crippen LogP contribution in [0.2, 0.25) is 0 Å². The molecule has 0 aliphatic carbocycles. The summed E-state index contributed by atoms with van der Waals surface area (Å²) in [6, 6.07) is 7.74. The van der Waals surface area contributed by atoms with Crippen LogP contribution in [0, 0.1) is 24.2 Å². The molecule has 1 aromatic carbocycles. The Hall–Kier alpha value is -3.82. The first-order chi connectivity index (χ1) is 21.7. The summed E-state index contributed by atoms with van der Waals surface area (Å²) in [6.07, 6.45) is 5.32. The number of amides is 1. The molecule has 12 heteroatoms. The molecule has 0 radical (unpaired) electrons. The van der Waals surface area contributed by atoms with Crippen molar-refractivity contribution in [2.45, 2.75) is 59.4 Å². The van der Waals surface area contributed by atoms with Gasteiger partial charge in [-0.1, -0.05) is 43.4 Å². The van der Waals surface area contributed by atoms with Crippen LogP contribution in [0.1, 0.15) is 61.8 Å². The second-order valence-corrected chi connectivity index (χ2v) is 12.6. The molecule has 2 saturated heterocycles. The Morgan fingerprint density at radius 2 is 1.93 bits per heavy atom. The summed E-state index contributed by atoms with van der Waals surface area (Å²) in [5, 5.41) is 10.0. The zero-order valence-corrected chi connectivity index (χ0v) is 28.1. The van der Waals surface area contributed by atoms with Crippen LogP contribution >= 0.6 is 24.0 Å². The average molecular weight is 653 g/mol. The minimum atomic E-state index is -0.365. The quantitative estimate of drug-likeness (QED) is 0.175. The topological polar surface area (TPSA) is 114 Å². The molecule has 3 heterocycles. The highest BCUT2D eigenvalue weighted by Gasteiger charge is 2.35. The van der Waals surface area contributed by atoms with Gasteiger partial charge in [0, 0.05) is 31.7 Å². The molecule has 2 fully saturated rings. The SMILES string of the molecule is CCCCn1c(N2CCCC(C(=O)OCC)C2)c(/C=C2/SC(=S)N(CCc3ccc(OC)c(OC)c3)C2=O)c(C)c(C#N)c1=O. The maximum absolute atomic E-state index is 13.8. The summed E-state index contributed by atoms with van der Waals surface area (Å²) in [5.74, 6) is 1.02. The molecule has 240 valence electrons. The molecular formula is C33H40N4O6S2. The van der Waals surface area contributed by atoms with E-state index < -0.39 is 0 Å². The summed E-state index contributed by atoms with van der Waals surface area (Å²) in [4.78, 5) is 44.2. The van der Waals surface area contributed by atoms with Crippen molar-refractivity contribution in [3.05, 3.63) is 55.7 Å². The molecule has 1 aromatic heterocycles. The molecule has 0 spiro atoms. The number of anilines is 1. The third kappa shape index (κ3) is 7.36. The van der Waals surface area contributed by atoms with Crippen LogP contribution in [0.4, 0.5) is 5.82 Å². The summed E-state index contributed by atoms with van der Waals surface area (Å²) < 4.78 is 18.2. The number of aromatic nitrogens is 1. The molecule has 2 aliphatic rings. The van der Waals surface area contributed by atoms with Gasteiger partial charge >= 0.3 is 5.97 Å². The summed E-state index contributed by atoms with van der Waals surface area (Å²) in [7, 11) is 3.16. The fourth-order valence-electron chi connectivity index (χ4n) is 5.73. The summed E-state index contributed by atoms with van der Waals surface area (Å²) in [5.41, 5.74) is 1.76. The number of hydrogen-bond donors (Lipinski definition) is 0. The second kappa shape index (κ2) is 15.5. The van der Waals surface area contributed by atoms with Crippen LogP contribution < -0.4 is 19.9 Å². The monoisotopic (exact) mass is 652 g/mol. The number of pyridine rings is 1. The van der Waals surface area contributed by atoms with Gasteiger partial charge in [-0.2, -0.15) is 5.26 Å². The van der Waals surface area contributed by atoms with Crippen LogP contribution in [0.25, 0.3) is 6.08 Å². The van der Waals surface area contributed by atoms with Gasteiger partial charge in [0.1, 0.15) is 21.8 Å². The highest BCUT2D eigenvalue weighted by Crippen LogP contribution is 2.37. The maximum Gasteiger partial charge on any atom is 0.310 e. The third-order valence-electron chi connectivity index (χ3n) is 8.14. The van der Waals surface area contributed by atoms with Crippen molar-refractivity contribution in [2.24, 2.45) is 5.92 Å². The molecule has 4 rings (SSSR count). The van der Waals surface area contributed by atoms with Crippen LogP contribution in [-0.4, -0.2) is 66.1 Å². The standard InChI is InChI=1S/C33H40N4O6S2/c1-6-8-15-36-29(35-14-9-10-23(20-35)32(40)43-7-2)24(21(3)25(19-34)30(36)38)18-28-31(39)37(33(44)45-28)16-13-22-11-12-26(41-4)27(17-22)42-5/h11-12,17-18,23H,6-10,13-16,20H2,1-5H3/b28-18+. The molecular weight excluding hydrogens is 613 g/mol. The lowest BCUT2D eigenvalue weighted by molar-refractivity contribution is -0.148. The van der Waals surface area contributed by atoms with E-state index in [4.69, 9.17) is 26.4 Å². The van der Waals surface area contributed by atoms with Crippen LogP contribution in [-0.2, 0) is 27.3 Å². The van der Waals surface area contributed by atoms with Crippen molar-refractivity contribution in [1.29, 1.82) is 5.26 Å². The molecule has 10 nitrogen and oxygen atoms in total. The molecule has 1 atom stereocenters. The number of benzene rings is 1. The highest BCUT2D eigenvalue weighted by atomic mass is 32.2. The van der Waals surface area contributed by atoms with Crippen molar-refractivity contribution >= 4 is 52.1 Å². The van der Waals surface area contributed by atoms with Gasteiger partial charge in [0.25, 0.3) is 11.5 Å². The zero-order valence-electron chi connectivity index (χ0n) is 26.5. The predicted molar refractivity (Wildman–Crippen MR) is 180 cm³/mol. The third-order valence-corrected chi connectivity index (χ3v) is 9.52. The van der Waals surface area contributed by atoms with Crippen LogP contribution in [0.5, 0.6) is 11.5 Å². The smallest absolute Gasteiger partial charge is 0.310 e. The Morgan fingerprint density at radius 3 is 2.60 bits per heavy atom. The van der Waals surface area contributed by atoms with E-state index in [0.717, 1.165) is 24.8 Å². The number of esters is 1. The number of nitriles is 1. The number of ether oxygens (including phenoxy) is 3. The Kier molecular flexibility index (Phi) is 11.7. The maximum atomic E-state index is 13.8. The van der Waals surface area contributed by atoms with Crippen LogP contribution in [0.3, 0.4) is 0 Å². The van der Waals surface area contributed by atoms with Gasteiger partial charge in [-0.05, 0) is 68.9 Å². The number of thiocarbonyl (C=S) groups is 1. The summed E-state index contributed by atoms with van der Waals surface area (Å²) in [6.45, 7) is 7.64. The number of nitrogens with zero attached hydrogens (tertiary/aromatic N) is 4. The molecule has 0 N–H and O–H groups in total. The van der Waals surface area contributed by atoms with E-state index >= 15 is 0 Å². The van der Waals surface area contributed by atoms with E-state index in [2.05, 4.69) is 6.07 Å². The molecule has 1 amide bonds. The second-order valence-electron chi connectivity index (χ2n) is 11.0. The van der Waals surface area contributed by atoms with E-state index in [0.29, 0.717) is 83.3 Å². The van der Waals surface area contributed by atoms with E-state index in [-0.39, 0.29) is 28.9 Å². The number of hydrogen-bond acceptors (Lipinski definition) is 10. The first-order valence-corrected chi connectivity index (χ1v) is 16.5. The largest absolute Gasteiger partial charge is 0.493 e. The van der Waals surface area contributed by atoms with Crippen molar-refractivity contribution in [2.75, 3.05) is 45.4 Å². The van der Waals surface area contributed by atoms with Crippen molar-refractivity contribution in [3.8, 4) is 17.6 Å². The van der Waals surface area contributed by atoms with Gasteiger partial charge in [0.2, 0.25) is 0 Å². The number of unbranched alkanes of at least 4 members (excludes halogenated alkanes) is 1. The number of rotatable bonds is 12. The first kappa shape index (κ1) is 34.1. The molecule has 2 aromatic rings. The lowest BCUT2D eigenvalue weighted by atomic mass is 9.96. The Labute approximate surface area is 273 Å². The fraction of sp³-hybridized carbons (Fsp3) is 0.485. The predicted octanol–water partition coefficient (Wildman–Crippen LogP) is 5.07. The van der Waals surface area contributed by atoms with E-state index in [1.54, 1.807) is 43.6 Å². The van der Waals surface area contributed by atoms with Gasteiger partial charge in [-0.15, -0.1) is 0 Å². The minimum absolute atomic E-state index is 0.0454. The fourth-order valence-corrected chi connectivity index (χ4v) is 7.02. The van der Waals surface area contributed by atoms with Gasteiger partial charge < -0.3 is 19.1 Å². The number of carbonyl (C=O) groups excluding carboxylic acids is 2. The normalized spacial score (nSPS) is 17.5. The molecule has 2 aliphatic heterocycles. The number of methoxy groups -OCH3 is 2. The zero-order chi connectivity index (χ0) is 32.7. The molecule has 0 bridgehead atoms. The molecule has 45 heavy (non-hydrogen) atoms. The van der Waals surface area contributed by atoms with Gasteiger partial charge in [-0.3, -0.25) is 23.9 Å². The Balaban J connectivity index is 1.73. The van der Waals surface area contributed by atoms with Crippen molar-refractivity contribution in [3.63, 3.8) is 0 Å². The molecule has 1 unspecified atom stereocenters.